The Hall–Kier alpha value is -2.83. The highest BCUT2D eigenvalue weighted by atomic mass is 35.5. The Labute approximate surface area is 151 Å². The molecule has 0 saturated carbocycles. The van der Waals surface area contributed by atoms with Crippen LogP contribution in [0.2, 0.25) is 10.0 Å². The van der Waals surface area contributed by atoms with Gasteiger partial charge in [0.25, 0.3) is 5.56 Å². The molecule has 0 atom stereocenters. The zero-order valence-electron chi connectivity index (χ0n) is 12.6. The SMILES string of the molecule is O=c1[nH]c(Nc2cc(Cl)cc(Cl)c2)nc2nccc(-c3ccco3)c12. The van der Waals surface area contributed by atoms with E-state index in [0.29, 0.717) is 38.1 Å². The number of hydrogen-bond acceptors (Lipinski definition) is 5. The van der Waals surface area contributed by atoms with E-state index in [4.69, 9.17) is 27.6 Å². The fraction of sp³-hybridized carbons (Fsp3) is 0. The van der Waals surface area contributed by atoms with Gasteiger partial charge in [0.05, 0.1) is 11.6 Å². The number of furan rings is 1. The summed E-state index contributed by atoms with van der Waals surface area (Å²) in [6, 6.07) is 10.2. The predicted octanol–water partition coefficient (Wildman–Crippen LogP) is 4.63. The van der Waals surface area contributed by atoms with Gasteiger partial charge in [-0.25, -0.2) is 4.98 Å². The Bertz CT molecular complexity index is 1100. The minimum absolute atomic E-state index is 0.236. The molecule has 25 heavy (non-hydrogen) atoms. The first-order chi connectivity index (χ1) is 12.1. The normalized spacial score (nSPS) is 11.0. The van der Waals surface area contributed by atoms with Gasteiger partial charge in [-0.05, 0) is 36.4 Å². The van der Waals surface area contributed by atoms with E-state index in [-0.39, 0.29) is 11.5 Å². The van der Waals surface area contributed by atoms with Gasteiger partial charge in [-0.3, -0.25) is 9.78 Å². The standard InChI is InChI=1S/C17H10Cl2N4O2/c18-9-6-10(19)8-11(7-9)21-17-22-15-14(16(24)23-17)12(3-4-20-15)13-2-1-5-25-13/h1-8H,(H2,20,21,22,23,24). The molecule has 4 rings (SSSR count). The molecule has 8 heteroatoms. The third kappa shape index (κ3) is 3.09. The van der Waals surface area contributed by atoms with Crippen molar-refractivity contribution >= 4 is 45.9 Å². The topological polar surface area (TPSA) is 83.8 Å². The Morgan fingerprint density at radius 2 is 1.92 bits per heavy atom. The summed E-state index contributed by atoms with van der Waals surface area (Å²) in [5, 5.41) is 4.27. The van der Waals surface area contributed by atoms with E-state index in [9.17, 15) is 4.79 Å². The van der Waals surface area contributed by atoms with Crippen molar-refractivity contribution in [1.82, 2.24) is 15.0 Å². The molecule has 0 aliphatic carbocycles. The van der Waals surface area contributed by atoms with Crippen molar-refractivity contribution in [3.05, 3.63) is 69.3 Å². The second kappa shape index (κ2) is 6.23. The van der Waals surface area contributed by atoms with Crippen LogP contribution in [0.25, 0.3) is 22.4 Å². The van der Waals surface area contributed by atoms with E-state index >= 15 is 0 Å². The molecule has 2 N–H and O–H groups in total. The first-order valence-electron chi connectivity index (χ1n) is 7.26. The molecule has 124 valence electrons. The maximum absolute atomic E-state index is 12.6. The van der Waals surface area contributed by atoms with Crippen LogP contribution in [0, 0.1) is 0 Å². The zero-order valence-corrected chi connectivity index (χ0v) is 14.1. The largest absolute Gasteiger partial charge is 0.464 e. The van der Waals surface area contributed by atoms with Crippen molar-refractivity contribution in [2.75, 3.05) is 5.32 Å². The monoisotopic (exact) mass is 372 g/mol. The third-order valence-corrected chi connectivity index (χ3v) is 3.96. The molecule has 0 spiro atoms. The molecule has 3 heterocycles. The molecule has 4 aromatic rings. The molecule has 0 unspecified atom stereocenters. The van der Waals surface area contributed by atoms with Gasteiger partial charge >= 0.3 is 0 Å². The lowest BCUT2D eigenvalue weighted by Gasteiger charge is -2.08. The number of pyridine rings is 1. The van der Waals surface area contributed by atoms with Crippen molar-refractivity contribution in [3.63, 3.8) is 0 Å². The number of nitrogens with one attached hydrogen (secondary N) is 2. The van der Waals surface area contributed by atoms with Gasteiger partial charge in [-0.2, -0.15) is 4.98 Å². The molecule has 3 aromatic heterocycles. The first-order valence-corrected chi connectivity index (χ1v) is 8.02. The van der Waals surface area contributed by atoms with Gasteiger partial charge in [-0.1, -0.05) is 23.2 Å². The second-order valence-corrected chi connectivity index (χ2v) is 6.10. The lowest BCUT2D eigenvalue weighted by atomic mass is 10.1. The number of H-pyrrole nitrogens is 1. The smallest absolute Gasteiger partial charge is 0.262 e. The second-order valence-electron chi connectivity index (χ2n) is 5.23. The maximum Gasteiger partial charge on any atom is 0.262 e. The highest BCUT2D eigenvalue weighted by Crippen LogP contribution is 2.26. The lowest BCUT2D eigenvalue weighted by molar-refractivity contribution is 0.583. The predicted molar refractivity (Wildman–Crippen MR) is 97.6 cm³/mol. The van der Waals surface area contributed by atoms with Gasteiger partial charge in [-0.15, -0.1) is 0 Å². The molecule has 0 aliphatic heterocycles. The number of benzene rings is 1. The molecule has 0 fully saturated rings. The Kier molecular flexibility index (Phi) is 3.91. The Balaban J connectivity index is 1.82. The molecule has 0 radical (unpaired) electrons. The van der Waals surface area contributed by atoms with Crippen molar-refractivity contribution in [2.45, 2.75) is 0 Å². The van der Waals surface area contributed by atoms with Crippen molar-refractivity contribution < 1.29 is 4.42 Å². The lowest BCUT2D eigenvalue weighted by Crippen LogP contribution is -2.13. The minimum atomic E-state index is -0.333. The maximum atomic E-state index is 12.6. The molecule has 0 saturated heterocycles. The van der Waals surface area contributed by atoms with Crippen molar-refractivity contribution in [3.8, 4) is 11.3 Å². The molecule has 0 amide bonds. The van der Waals surface area contributed by atoms with Gasteiger partial charge < -0.3 is 9.73 Å². The van der Waals surface area contributed by atoms with Crippen molar-refractivity contribution in [2.24, 2.45) is 0 Å². The van der Waals surface area contributed by atoms with Crippen LogP contribution in [-0.2, 0) is 0 Å². The molecule has 0 bridgehead atoms. The van der Waals surface area contributed by atoms with Crippen LogP contribution in [0.3, 0.4) is 0 Å². The summed E-state index contributed by atoms with van der Waals surface area (Å²) in [6.07, 6.45) is 3.12. The molecule has 1 aromatic carbocycles. The molecular formula is C17H10Cl2N4O2. The van der Waals surface area contributed by atoms with E-state index in [2.05, 4.69) is 20.3 Å². The van der Waals surface area contributed by atoms with E-state index < -0.39 is 0 Å². The van der Waals surface area contributed by atoms with Gasteiger partial charge in [0.1, 0.15) is 5.76 Å². The average molecular weight is 373 g/mol. The van der Waals surface area contributed by atoms with Crippen LogP contribution in [0.1, 0.15) is 0 Å². The van der Waals surface area contributed by atoms with E-state index in [1.165, 1.54) is 0 Å². The van der Waals surface area contributed by atoms with Gasteiger partial charge in [0.15, 0.2) is 5.65 Å². The van der Waals surface area contributed by atoms with Crippen LogP contribution in [0.5, 0.6) is 0 Å². The number of anilines is 2. The fourth-order valence-electron chi connectivity index (χ4n) is 2.52. The molecule has 0 aliphatic rings. The summed E-state index contributed by atoms with van der Waals surface area (Å²) in [7, 11) is 0. The highest BCUT2D eigenvalue weighted by Gasteiger charge is 2.13. The first kappa shape index (κ1) is 15.7. The summed E-state index contributed by atoms with van der Waals surface area (Å²) < 4.78 is 5.38. The van der Waals surface area contributed by atoms with E-state index in [1.54, 1.807) is 48.9 Å². The number of hydrogen-bond donors (Lipinski definition) is 2. The number of nitrogens with zero attached hydrogens (tertiary/aromatic N) is 2. The summed E-state index contributed by atoms with van der Waals surface area (Å²) >= 11 is 12.0. The quantitative estimate of drug-likeness (QED) is 0.547. The molecular weight excluding hydrogens is 363 g/mol. The summed E-state index contributed by atoms with van der Waals surface area (Å²) in [5.74, 6) is 0.807. The van der Waals surface area contributed by atoms with Crippen LogP contribution in [-0.4, -0.2) is 15.0 Å². The van der Waals surface area contributed by atoms with Crippen LogP contribution in [0.4, 0.5) is 11.6 Å². The van der Waals surface area contributed by atoms with Crippen LogP contribution < -0.4 is 10.9 Å². The molecule has 6 nitrogen and oxygen atoms in total. The average Bonchev–Trinajstić information content (AvgIpc) is 3.07. The summed E-state index contributed by atoms with van der Waals surface area (Å²) in [6.45, 7) is 0. The van der Waals surface area contributed by atoms with Crippen LogP contribution >= 0.6 is 23.2 Å². The van der Waals surface area contributed by atoms with Crippen LogP contribution in [0.15, 0.2) is 58.1 Å². The highest BCUT2D eigenvalue weighted by molar-refractivity contribution is 6.35. The Morgan fingerprint density at radius 3 is 2.64 bits per heavy atom. The minimum Gasteiger partial charge on any atom is -0.464 e. The zero-order chi connectivity index (χ0) is 17.4. The van der Waals surface area contributed by atoms with Crippen molar-refractivity contribution in [1.29, 1.82) is 0 Å². The number of halogens is 2. The fourth-order valence-corrected chi connectivity index (χ4v) is 3.05. The van der Waals surface area contributed by atoms with Gasteiger partial charge in [0, 0.05) is 27.5 Å². The van der Waals surface area contributed by atoms with E-state index in [1.807, 2.05) is 0 Å². The summed E-state index contributed by atoms with van der Waals surface area (Å²) in [5.41, 5.74) is 1.19. The number of rotatable bonds is 3. The van der Waals surface area contributed by atoms with Gasteiger partial charge in [0.2, 0.25) is 5.95 Å². The Morgan fingerprint density at radius 1 is 1.12 bits per heavy atom. The number of aromatic nitrogens is 3. The summed E-state index contributed by atoms with van der Waals surface area (Å²) in [4.78, 5) is 23.8. The number of fused-ring (bicyclic) bond motifs is 1. The van der Waals surface area contributed by atoms with E-state index in [0.717, 1.165) is 0 Å². The number of aromatic amines is 1. The third-order valence-electron chi connectivity index (χ3n) is 3.52.